The predicted molar refractivity (Wildman–Crippen MR) is 142 cm³/mol. The van der Waals surface area contributed by atoms with Crippen LogP contribution in [0.2, 0.25) is 0 Å². The molecule has 1 atom stereocenters. The number of hydrogen-bond donors (Lipinski definition) is 1. The smallest absolute Gasteiger partial charge is 0.349 e. The minimum absolute atomic E-state index is 0.0151. The maximum absolute atomic E-state index is 12.5. The maximum atomic E-state index is 12.5. The van der Waals surface area contributed by atoms with Crippen molar-refractivity contribution in [2.75, 3.05) is 19.8 Å². The first kappa shape index (κ1) is 26.4. The van der Waals surface area contributed by atoms with Crippen LogP contribution in [0.4, 0.5) is 0 Å². The van der Waals surface area contributed by atoms with E-state index < -0.39 is 11.9 Å². The lowest BCUT2D eigenvalue weighted by Gasteiger charge is -2.27. The van der Waals surface area contributed by atoms with Gasteiger partial charge in [-0.25, -0.2) is 4.79 Å². The van der Waals surface area contributed by atoms with Gasteiger partial charge in [-0.2, -0.15) is 5.26 Å². The van der Waals surface area contributed by atoms with Crippen LogP contribution in [-0.4, -0.2) is 25.8 Å². The van der Waals surface area contributed by atoms with Crippen molar-refractivity contribution in [2.45, 2.75) is 33.6 Å². The van der Waals surface area contributed by atoms with Gasteiger partial charge in [-0.3, -0.25) is 0 Å². The van der Waals surface area contributed by atoms with Crippen LogP contribution < -0.4 is 29.4 Å². The summed E-state index contributed by atoms with van der Waals surface area (Å²) in [6.07, 6.45) is 0. The zero-order valence-electron chi connectivity index (χ0n) is 21.9. The van der Waals surface area contributed by atoms with E-state index in [9.17, 15) is 10.1 Å². The quantitative estimate of drug-likeness (QED) is 0.302. The van der Waals surface area contributed by atoms with Crippen LogP contribution in [0.25, 0.3) is 0 Å². The second-order valence-corrected chi connectivity index (χ2v) is 8.68. The Kier molecular flexibility index (Phi) is 8.07. The molecule has 1 aliphatic heterocycles. The Labute approximate surface area is 222 Å². The summed E-state index contributed by atoms with van der Waals surface area (Å²) in [6.45, 7) is 8.32. The molecule has 3 aromatic carbocycles. The van der Waals surface area contributed by atoms with Crippen LogP contribution in [-0.2, 0) is 4.79 Å². The van der Waals surface area contributed by atoms with Crippen molar-refractivity contribution in [1.82, 2.24) is 0 Å². The molecule has 0 bridgehead atoms. The van der Waals surface area contributed by atoms with Gasteiger partial charge < -0.3 is 29.4 Å². The molecule has 0 saturated carbocycles. The monoisotopic (exact) mass is 514 g/mol. The van der Waals surface area contributed by atoms with Crippen molar-refractivity contribution in [3.05, 3.63) is 88.3 Å². The number of allylic oxidation sites excluding steroid dienone is 1. The molecule has 0 spiro atoms. The van der Waals surface area contributed by atoms with Crippen LogP contribution in [0.3, 0.4) is 0 Å². The molecule has 196 valence electrons. The molecule has 0 radical (unpaired) electrons. The maximum Gasteiger partial charge on any atom is 0.349 e. The van der Waals surface area contributed by atoms with Crippen LogP contribution in [0.5, 0.6) is 28.7 Å². The average Bonchev–Trinajstić information content (AvgIpc) is 2.89. The molecule has 8 heteroatoms. The highest BCUT2D eigenvalue weighted by atomic mass is 16.6. The number of esters is 1. The highest BCUT2D eigenvalue weighted by molar-refractivity contribution is 5.74. The van der Waals surface area contributed by atoms with E-state index in [2.05, 4.69) is 6.07 Å². The number of rotatable bonds is 9. The molecule has 0 amide bonds. The molecule has 4 rings (SSSR count). The standard InChI is InChI=1S/C30H30N2O6/c1-5-34-24-13-10-20(14-26(24)35-6-2)28-22-12-11-21(15-25(22)38-30(32)23(28)16-31)37-27(33)17-36-29-18(3)8-7-9-19(29)4/h7-15,28H,5-6,17,32H2,1-4H3. The van der Waals surface area contributed by atoms with Crippen molar-refractivity contribution in [2.24, 2.45) is 5.73 Å². The number of fused-ring (bicyclic) bond motifs is 1. The van der Waals surface area contributed by atoms with E-state index in [4.69, 9.17) is 29.4 Å². The summed E-state index contributed by atoms with van der Waals surface area (Å²) < 4.78 is 28.4. The van der Waals surface area contributed by atoms with E-state index in [-0.39, 0.29) is 23.8 Å². The number of hydrogen-bond acceptors (Lipinski definition) is 8. The SMILES string of the molecule is CCOc1ccc(C2C(C#N)=C(N)Oc3cc(OC(=O)COc4c(C)cccc4C)ccc32)cc1OCC. The molecule has 2 N–H and O–H groups in total. The first-order chi connectivity index (χ1) is 18.4. The van der Waals surface area contributed by atoms with Crippen LogP contribution >= 0.6 is 0 Å². The first-order valence-corrected chi connectivity index (χ1v) is 12.4. The van der Waals surface area contributed by atoms with Crippen LogP contribution in [0, 0.1) is 25.2 Å². The van der Waals surface area contributed by atoms with E-state index in [0.717, 1.165) is 16.7 Å². The van der Waals surface area contributed by atoms with Gasteiger partial charge in [0.25, 0.3) is 0 Å². The average molecular weight is 515 g/mol. The molecule has 38 heavy (non-hydrogen) atoms. The number of nitrogens with zero attached hydrogens (tertiary/aromatic N) is 1. The number of benzene rings is 3. The minimum Gasteiger partial charge on any atom is -0.490 e. The van der Waals surface area contributed by atoms with Gasteiger partial charge in [0.1, 0.15) is 28.9 Å². The van der Waals surface area contributed by atoms with Gasteiger partial charge in [-0.1, -0.05) is 30.3 Å². The number of para-hydroxylation sites is 1. The summed E-state index contributed by atoms with van der Waals surface area (Å²) >= 11 is 0. The Bertz CT molecular complexity index is 1400. The Balaban J connectivity index is 1.59. The van der Waals surface area contributed by atoms with Gasteiger partial charge in [-0.15, -0.1) is 0 Å². The van der Waals surface area contributed by atoms with Crippen molar-refractivity contribution in [3.63, 3.8) is 0 Å². The number of aryl methyl sites for hydroxylation is 2. The third-order valence-corrected chi connectivity index (χ3v) is 6.07. The topological polar surface area (TPSA) is 113 Å². The summed E-state index contributed by atoms with van der Waals surface area (Å²) in [6, 6.07) is 18.5. The van der Waals surface area contributed by atoms with Gasteiger partial charge in [0.15, 0.2) is 18.1 Å². The summed E-state index contributed by atoms with van der Waals surface area (Å²) in [5, 5.41) is 9.89. The molecule has 1 heterocycles. The number of ether oxygens (including phenoxy) is 5. The lowest BCUT2D eigenvalue weighted by atomic mass is 9.83. The van der Waals surface area contributed by atoms with Crippen molar-refractivity contribution >= 4 is 5.97 Å². The normalized spacial score (nSPS) is 14.1. The fraction of sp³-hybridized carbons (Fsp3) is 0.267. The predicted octanol–water partition coefficient (Wildman–Crippen LogP) is 5.30. The van der Waals surface area contributed by atoms with Gasteiger partial charge in [0.2, 0.25) is 5.88 Å². The third-order valence-electron chi connectivity index (χ3n) is 6.07. The molecule has 0 aromatic heterocycles. The van der Waals surface area contributed by atoms with Crippen LogP contribution in [0.1, 0.15) is 42.0 Å². The molecular weight excluding hydrogens is 484 g/mol. The van der Waals surface area contributed by atoms with Gasteiger partial charge in [0, 0.05) is 11.6 Å². The zero-order valence-corrected chi connectivity index (χ0v) is 21.9. The molecule has 1 aliphatic rings. The summed E-state index contributed by atoms with van der Waals surface area (Å²) in [5.41, 5.74) is 9.78. The van der Waals surface area contributed by atoms with E-state index in [1.165, 1.54) is 0 Å². The summed E-state index contributed by atoms with van der Waals surface area (Å²) in [4.78, 5) is 12.5. The second-order valence-electron chi connectivity index (χ2n) is 8.68. The fourth-order valence-electron chi connectivity index (χ4n) is 4.41. The minimum atomic E-state index is -0.561. The molecule has 0 saturated heterocycles. The third kappa shape index (κ3) is 5.52. The Morgan fingerprint density at radius 1 is 0.974 bits per heavy atom. The van der Waals surface area contributed by atoms with Gasteiger partial charge in [-0.05, 0) is 62.6 Å². The lowest BCUT2D eigenvalue weighted by molar-refractivity contribution is -0.136. The molecule has 1 unspecified atom stereocenters. The molecule has 0 fully saturated rings. The van der Waals surface area contributed by atoms with E-state index in [1.807, 2.05) is 64.1 Å². The number of nitriles is 1. The fourth-order valence-corrected chi connectivity index (χ4v) is 4.41. The molecular formula is C30H30N2O6. The number of nitrogens with two attached hydrogens (primary N) is 1. The van der Waals surface area contributed by atoms with Crippen LogP contribution in [0.15, 0.2) is 66.1 Å². The highest BCUT2D eigenvalue weighted by Gasteiger charge is 2.32. The van der Waals surface area contributed by atoms with E-state index in [1.54, 1.807) is 18.2 Å². The number of carbonyl (C=O) groups excluding carboxylic acids is 1. The summed E-state index contributed by atoms with van der Waals surface area (Å²) in [7, 11) is 0. The van der Waals surface area contributed by atoms with Crippen molar-refractivity contribution in [3.8, 4) is 34.8 Å². The molecule has 3 aromatic rings. The van der Waals surface area contributed by atoms with Crippen molar-refractivity contribution < 1.29 is 28.5 Å². The Morgan fingerprint density at radius 2 is 1.68 bits per heavy atom. The van der Waals surface area contributed by atoms with Gasteiger partial charge in [0.05, 0.1) is 19.1 Å². The summed E-state index contributed by atoms with van der Waals surface area (Å²) in [5.74, 6) is 1.43. The van der Waals surface area contributed by atoms with Crippen molar-refractivity contribution in [1.29, 1.82) is 5.26 Å². The first-order valence-electron chi connectivity index (χ1n) is 12.4. The van der Waals surface area contributed by atoms with E-state index in [0.29, 0.717) is 41.8 Å². The Morgan fingerprint density at radius 3 is 2.37 bits per heavy atom. The van der Waals surface area contributed by atoms with Gasteiger partial charge >= 0.3 is 5.97 Å². The lowest BCUT2D eigenvalue weighted by Crippen LogP contribution is -2.22. The highest BCUT2D eigenvalue weighted by Crippen LogP contribution is 2.45. The van der Waals surface area contributed by atoms with E-state index >= 15 is 0 Å². The number of carbonyl (C=O) groups is 1. The largest absolute Gasteiger partial charge is 0.490 e. The second kappa shape index (κ2) is 11.6. The molecule has 8 nitrogen and oxygen atoms in total. The zero-order chi connectivity index (χ0) is 27.2. The Hall–Kier alpha value is -4.64. The molecule has 0 aliphatic carbocycles.